The van der Waals surface area contributed by atoms with Crippen LogP contribution in [0, 0.1) is 11.6 Å². The molecule has 1 N–H and O–H groups in total. The normalized spacial score (nSPS) is 12.2. The lowest BCUT2D eigenvalue weighted by Gasteiger charge is -2.13. The summed E-state index contributed by atoms with van der Waals surface area (Å²) in [4.78, 5) is 4.09. The Morgan fingerprint density at radius 2 is 2.00 bits per heavy atom. The second-order valence-electron chi connectivity index (χ2n) is 4.14. The fraction of sp³-hybridized carbons (Fsp3) is 0.214. The van der Waals surface area contributed by atoms with Gasteiger partial charge in [-0.15, -0.1) is 11.8 Å². The summed E-state index contributed by atoms with van der Waals surface area (Å²) in [5.74, 6) is -1.80. The summed E-state index contributed by atoms with van der Waals surface area (Å²) in [6.07, 6.45) is 0.789. The average Bonchev–Trinajstić information content (AvgIpc) is 2.45. The lowest BCUT2D eigenvalue weighted by atomic mass is 10.3. The monoisotopic (exact) mass is 375 g/mol. The molecule has 0 aliphatic carbocycles. The van der Waals surface area contributed by atoms with Gasteiger partial charge in [0.25, 0.3) is 0 Å². The molecule has 0 saturated carbocycles. The van der Waals surface area contributed by atoms with Gasteiger partial charge >= 0.3 is 0 Å². The summed E-state index contributed by atoms with van der Waals surface area (Å²) in [6, 6.07) is 7.65. The first-order valence-electron chi connectivity index (χ1n) is 6.05. The Balaban J connectivity index is 1.85. The van der Waals surface area contributed by atoms with E-state index in [1.54, 1.807) is 12.3 Å². The van der Waals surface area contributed by atoms with Gasteiger partial charge in [-0.2, -0.15) is 0 Å². The quantitative estimate of drug-likeness (QED) is 0.782. The number of aliphatic hydroxyl groups is 1. The zero-order valence-electron chi connectivity index (χ0n) is 10.8. The van der Waals surface area contributed by atoms with Crippen LogP contribution >= 0.6 is 27.7 Å². The Morgan fingerprint density at radius 1 is 1.29 bits per heavy atom. The number of aromatic nitrogens is 1. The van der Waals surface area contributed by atoms with Gasteiger partial charge in [-0.25, -0.2) is 13.8 Å². The van der Waals surface area contributed by atoms with Crippen LogP contribution in [0.25, 0.3) is 0 Å². The highest BCUT2D eigenvalue weighted by Gasteiger charge is 2.14. The number of rotatable bonds is 6. The van der Waals surface area contributed by atoms with E-state index in [-0.39, 0.29) is 11.1 Å². The molecule has 2 rings (SSSR count). The number of ether oxygens (including phenoxy) is 1. The zero-order chi connectivity index (χ0) is 15.2. The van der Waals surface area contributed by atoms with Crippen LogP contribution in [0.4, 0.5) is 8.78 Å². The van der Waals surface area contributed by atoms with E-state index in [1.165, 1.54) is 11.8 Å². The van der Waals surface area contributed by atoms with E-state index < -0.39 is 23.5 Å². The van der Waals surface area contributed by atoms with Gasteiger partial charge in [0.2, 0.25) is 0 Å². The van der Waals surface area contributed by atoms with Gasteiger partial charge in [-0.1, -0.05) is 22.0 Å². The van der Waals surface area contributed by atoms with E-state index in [2.05, 4.69) is 20.9 Å². The summed E-state index contributed by atoms with van der Waals surface area (Å²) in [7, 11) is 0. The number of thioether (sulfide) groups is 1. The first-order valence-corrected chi connectivity index (χ1v) is 7.83. The number of hydrogen-bond acceptors (Lipinski definition) is 4. The highest BCUT2D eigenvalue weighted by atomic mass is 79.9. The third-order valence-corrected chi connectivity index (χ3v) is 3.99. The van der Waals surface area contributed by atoms with Crippen LogP contribution in [-0.2, 0) is 0 Å². The molecule has 0 aliphatic heterocycles. The molecule has 0 bridgehead atoms. The maximum absolute atomic E-state index is 13.5. The first-order chi connectivity index (χ1) is 10.1. The predicted octanol–water partition coefficient (Wildman–Crippen LogP) is 3.65. The molecule has 0 saturated heterocycles. The van der Waals surface area contributed by atoms with Gasteiger partial charge in [0.05, 0.1) is 11.1 Å². The second-order valence-corrected chi connectivity index (χ2v) is 6.10. The molecule has 0 aliphatic rings. The number of benzene rings is 1. The first kappa shape index (κ1) is 16.2. The van der Waals surface area contributed by atoms with Crippen molar-refractivity contribution in [1.29, 1.82) is 0 Å². The zero-order valence-corrected chi connectivity index (χ0v) is 13.2. The molecule has 1 aromatic heterocycles. The Kier molecular flexibility index (Phi) is 5.96. The SMILES string of the molecule is OC(COc1c(F)cc(Br)cc1F)CSc1ccccn1. The summed E-state index contributed by atoms with van der Waals surface area (Å²) >= 11 is 4.32. The third kappa shape index (κ3) is 4.94. The van der Waals surface area contributed by atoms with Crippen molar-refractivity contribution in [3.63, 3.8) is 0 Å². The van der Waals surface area contributed by atoms with Crippen molar-refractivity contribution in [2.75, 3.05) is 12.4 Å². The van der Waals surface area contributed by atoms with Gasteiger partial charge in [-0.3, -0.25) is 0 Å². The third-order valence-electron chi connectivity index (χ3n) is 2.44. The van der Waals surface area contributed by atoms with Crippen LogP contribution in [0.1, 0.15) is 0 Å². The smallest absolute Gasteiger partial charge is 0.190 e. The van der Waals surface area contributed by atoms with Crippen molar-refractivity contribution in [2.24, 2.45) is 0 Å². The highest BCUT2D eigenvalue weighted by molar-refractivity contribution is 9.10. The Hall–Kier alpha value is -1.18. The maximum Gasteiger partial charge on any atom is 0.190 e. The van der Waals surface area contributed by atoms with Crippen LogP contribution in [0.5, 0.6) is 5.75 Å². The molecule has 0 spiro atoms. The molecule has 112 valence electrons. The van der Waals surface area contributed by atoms with Crippen molar-refractivity contribution < 1.29 is 18.6 Å². The molecular formula is C14H12BrF2NO2S. The van der Waals surface area contributed by atoms with Crippen molar-refractivity contribution in [3.05, 3.63) is 52.6 Å². The van der Waals surface area contributed by atoms with Gasteiger partial charge in [0, 0.05) is 16.4 Å². The molecule has 7 heteroatoms. The summed E-state index contributed by atoms with van der Waals surface area (Å²) in [6.45, 7) is -0.199. The average molecular weight is 376 g/mol. The second kappa shape index (κ2) is 7.72. The standard InChI is InChI=1S/C14H12BrF2NO2S/c15-9-5-11(16)14(12(17)6-9)20-7-10(19)8-21-13-3-1-2-4-18-13/h1-6,10,19H,7-8H2. The lowest BCUT2D eigenvalue weighted by molar-refractivity contribution is 0.120. The van der Waals surface area contributed by atoms with Gasteiger partial charge < -0.3 is 9.84 Å². The maximum atomic E-state index is 13.5. The topological polar surface area (TPSA) is 42.4 Å². The van der Waals surface area contributed by atoms with Gasteiger partial charge in [-0.05, 0) is 24.3 Å². The number of hydrogen-bond donors (Lipinski definition) is 1. The molecule has 0 fully saturated rings. The molecule has 0 amide bonds. The van der Waals surface area contributed by atoms with Crippen LogP contribution in [-0.4, -0.2) is 28.6 Å². The summed E-state index contributed by atoms with van der Waals surface area (Å²) in [5, 5.41) is 10.5. The number of nitrogens with zero attached hydrogens (tertiary/aromatic N) is 1. The van der Waals surface area contributed by atoms with E-state index in [4.69, 9.17) is 4.74 Å². The molecule has 0 radical (unpaired) electrons. The number of halogens is 3. The van der Waals surface area contributed by atoms with Crippen molar-refractivity contribution in [2.45, 2.75) is 11.1 Å². The molecule has 1 aromatic carbocycles. The number of aliphatic hydroxyl groups excluding tert-OH is 1. The van der Waals surface area contributed by atoms with E-state index in [0.717, 1.165) is 17.2 Å². The fourth-order valence-electron chi connectivity index (χ4n) is 1.51. The van der Waals surface area contributed by atoms with Crippen LogP contribution in [0.2, 0.25) is 0 Å². The van der Waals surface area contributed by atoms with E-state index >= 15 is 0 Å². The van der Waals surface area contributed by atoms with Crippen molar-refractivity contribution in [3.8, 4) is 5.75 Å². The van der Waals surface area contributed by atoms with Gasteiger partial charge in [0.1, 0.15) is 6.61 Å². The van der Waals surface area contributed by atoms with Crippen LogP contribution in [0.3, 0.4) is 0 Å². The Morgan fingerprint density at radius 3 is 2.62 bits per heavy atom. The summed E-state index contributed by atoms with van der Waals surface area (Å²) < 4.78 is 32.3. The lowest BCUT2D eigenvalue weighted by Crippen LogP contribution is -2.21. The predicted molar refractivity (Wildman–Crippen MR) is 80.5 cm³/mol. The Bertz CT molecular complexity index is 578. The summed E-state index contributed by atoms with van der Waals surface area (Å²) in [5.41, 5.74) is 0. The molecular weight excluding hydrogens is 364 g/mol. The molecule has 1 atom stereocenters. The minimum Gasteiger partial charge on any atom is -0.485 e. The minimum absolute atomic E-state index is 0.199. The van der Waals surface area contributed by atoms with Crippen LogP contribution in [0.15, 0.2) is 46.0 Å². The molecule has 1 unspecified atom stereocenters. The van der Waals surface area contributed by atoms with Crippen molar-refractivity contribution in [1.82, 2.24) is 4.98 Å². The molecule has 21 heavy (non-hydrogen) atoms. The number of pyridine rings is 1. The molecule has 1 heterocycles. The van der Waals surface area contributed by atoms with E-state index in [1.807, 2.05) is 12.1 Å². The van der Waals surface area contributed by atoms with Crippen LogP contribution < -0.4 is 4.74 Å². The van der Waals surface area contributed by atoms with E-state index in [9.17, 15) is 13.9 Å². The largest absolute Gasteiger partial charge is 0.485 e. The fourth-order valence-corrected chi connectivity index (χ4v) is 2.68. The van der Waals surface area contributed by atoms with Crippen molar-refractivity contribution >= 4 is 27.7 Å². The van der Waals surface area contributed by atoms with E-state index in [0.29, 0.717) is 5.75 Å². The Labute approximate surface area is 133 Å². The highest BCUT2D eigenvalue weighted by Crippen LogP contribution is 2.26. The molecule has 2 aromatic rings. The molecule has 3 nitrogen and oxygen atoms in total. The van der Waals surface area contributed by atoms with Gasteiger partial charge in [0.15, 0.2) is 17.4 Å². The minimum atomic E-state index is -0.862.